The molecule has 0 aromatic carbocycles. The van der Waals surface area contributed by atoms with Crippen LogP contribution >= 0.6 is 22.9 Å². The SMILES string of the molecule is CCC[NH+](CC(=O)Nc1cccnc1Cl)Cc1nnc(-c2cccs2)o1. The number of hydrogen-bond donors (Lipinski definition) is 2. The lowest BCUT2D eigenvalue weighted by Crippen LogP contribution is -3.11. The minimum absolute atomic E-state index is 0.138. The molecule has 0 radical (unpaired) electrons. The van der Waals surface area contributed by atoms with Gasteiger partial charge in [-0.05, 0) is 30.0 Å². The van der Waals surface area contributed by atoms with E-state index in [1.165, 1.54) is 0 Å². The highest BCUT2D eigenvalue weighted by molar-refractivity contribution is 7.13. The molecule has 1 amide bonds. The largest absolute Gasteiger partial charge is 0.414 e. The molecule has 7 nitrogen and oxygen atoms in total. The average molecular weight is 393 g/mol. The van der Waals surface area contributed by atoms with E-state index in [1.807, 2.05) is 17.5 Å². The molecule has 136 valence electrons. The highest BCUT2D eigenvalue weighted by atomic mass is 35.5. The number of amides is 1. The lowest BCUT2D eigenvalue weighted by molar-refractivity contribution is -0.907. The van der Waals surface area contributed by atoms with E-state index in [0.717, 1.165) is 22.7 Å². The van der Waals surface area contributed by atoms with E-state index in [1.54, 1.807) is 29.7 Å². The molecule has 1 unspecified atom stereocenters. The van der Waals surface area contributed by atoms with Gasteiger partial charge in [-0.25, -0.2) is 4.98 Å². The van der Waals surface area contributed by atoms with Gasteiger partial charge in [0.15, 0.2) is 18.2 Å². The van der Waals surface area contributed by atoms with Gasteiger partial charge in [0.05, 0.1) is 17.1 Å². The van der Waals surface area contributed by atoms with E-state index in [4.69, 9.17) is 16.0 Å². The number of rotatable bonds is 8. The van der Waals surface area contributed by atoms with Gasteiger partial charge in [-0.1, -0.05) is 24.6 Å². The van der Waals surface area contributed by atoms with E-state index < -0.39 is 0 Å². The molecular weight excluding hydrogens is 374 g/mol. The molecule has 0 saturated heterocycles. The molecule has 26 heavy (non-hydrogen) atoms. The molecule has 2 N–H and O–H groups in total. The Morgan fingerprint density at radius 1 is 1.35 bits per heavy atom. The first-order chi connectivity index (χ1) is 12.7. The van der Waals surface area contributed by atoms with Crippen LogP contribution in [0.4, 0.5) is 5.69 Å². The maximum absolute atomic E-state index is 12.3. The zero-order valence-corrected chi connectivity index (χ0v) is 15.8. The number of anilines is 1. The summed E-state index contributed by atoms with van der Waals surface area (Å²) in [4.78, 5) is 18.3. The standard InChI is InChI=1S/C17H18ClN5O2S/c1-2-8-23(10-14(24)20-12-5-3-7-19-16(12)18)11-15-21-22-17(25-15)13-6-4-9-26-13/h3-7,9H,2,8,10-11H2,1H3,(H,20,24)/p+1. The van der Waals surface area contributed by atoms with E-state index in [-0.39, 0.29) is 17.6 Å². The van der Waals surface area contributed by atoms with Crippen LogP contribution < -0.4 is 10.2 Å². The molecule has 0 spiro atoms. The number of pyridine rings is 1. The fraction of sp³-hybridized carbons (Fsp3) is 0.294. The number of hydrogen-bond acceptors (Lipinski definition) is 6. The third-order valence-electron chi connectivity index (χ3n) is 3.65. The van der Waals surface area contributed by atoms with Gasteiger partial charge in [0.2, 0.25) is 0 Å². The van der Waals surface area contributed by atoms with Gasteiger partial charge in [-0.15, -0.1) is 21.5 Å². The lowest BCUT2D eigenvalue weighted by Gasteiger charge is -2.16. The average Bonchev–Trinajstić information content (AvgIpc) is 3.28. The number of carbonyl (C=O) groups is 1. The van der Waals surface area contributed by atoms with Gasteiger partial charge in [0.1, 0.15) is 0 Å². The summed E-state index contributed by atoms with van der Waals surface area (Å²) in [6.45, 7) is 3.64. The number of quaternary nitrogens is 1. The molecule has 0 aliphatic heterocycles. The molecule has 3 aromatic heterocycles. The topological polar surface area (TPSA) is 85.4 Å². The van der Waals surface area contributed by atoms with E-state index >= 15 is 0 Å². The van der Waals surface area contributed by atoms with Crippen LogP contribution in [0.15, 0.2) is 40.3 Å². The van der Waals surface area contributed by atoms with Crippen molar-refractivity contribution in [1.29, 1.82) is 0 Å². The normalized spacial score (nSPS) is 12.1. The summed E-state index contributed by atoms with van der Waals surface area (Å²) in [5, 5.41) is 13.2. The number of thiophene rings is 1. The zero-order valence-electron chi connectivity index (χ0n) is 14.2. The number of carbonyl (C=O) groups excluding carboxylic acids is 1. The van der Waals surface area contributed by atoms with Crippen LogP contribution in [0.2, 0.25) is 5.15 Å². The van der Waals surface area contributed by atoms with Crippen LogP contribution in [0.25, 0.3) is 10.8 Å². The van der Waals surface area contributed by atoms with Crippen molar-refractivity contribution in [3.05, 3.63) is 46.9 Å². The highest BCUT2D eigenvalue weighted by Crippen LogP contribution is 2.22. The Balaban J connectivity index is 1.62. The predicted octanol–water partition coefficient (Wildman–Crippen LogP) is 2.28. The third kappa shape index (κ3) is 4.87. The maximum Gasteiger partial charge on any atom is 0.279 e. The highest BCUT2D eigenvalue weighted by Gasteiger charge is 2.19. The van der Waals surface area contributed by atoms with Gasteiger partial charge in [-0.2, -0.15) is 0 Å². The first-order valence-electron chi connectivity index (χ1n) is 8.26. The second-order valence-corrected chi connectivity index (χ2v) is 7.03. The second-order valence-electron chi connectivity index (χ2n) is 5.72. The third-order valence-corrected chi connectivity index (χ3v) is 4.81. The van der Waals surface area contributed by atoms with Gasteiger partial charge < -0.3 is 14.6 Å². The van der Waals surface area contributed by atoms with Gasteiger partial charge >= 0.3 is 0 Å². The molecule has 0 saturated carbocycles. The summed E-state index contributed by atoms with van der Waals surface area (Å²) in [5.74, 6) is 0.892. The van der Waals surface area contributed by atoms with E-state index in [2.05, 4.69) is 27.4 Å². The van der Waals surface area contributed by atoms with Crippen LogP contribution in [0.1, 0.15) is 19.2 Å². The minimum atomic E-state index is -0.138. The number of nitrogens with one attached hydrogen (secondary N) is 2. The van der Waals surface area contributed by atoms with Crippen molar-refractivity contribution in [3.63, 3.8) is 0 Å². The lowest BCUT2D eigenvalue weighted by atomic mass is 10.3. The van der Waals surface area contributed by atoms with Crippen molar-refractivity contribution in [2.45, 2.75) is 19.9 Å². The van der Waals surface area contributed by atoms with E-state index in [0.29, 0.717) is 24.0 Å². The van der Waals surface area contributed by atoms with Crippen molar-refractivity contribution >= 4 is 34.5 Å². The predicted molar refractivity (Wildman–Crippen MR) is 100 cm³/mol. The molecule has 3 rings (SSSR count). The van der Waals surface area contributed by atoms with Crippen LogP contribution in [-0.2, 0) is 11.3 Å². The summed E-state index contributed by atoms with van der Waals surface area (Å²) in [7, 11) is 0. The molecule has 1 atom stereocenters. The van der Waals surface area contributed by atoms with Crippen molar-refractivity contribution in [2.75, 3.05) is 18.4 Å². The fourth-order valence-electron chi connectivity index (χ4n) is 2.53. The molecule has 0 bridgehead atoms. The Hall–Kier alpha value is -2.29. The second kappa shape index (κ2) is 8.88. The first kappa shape index (κ1) is 18.5. The molecule has 3 aromatic rings. The number of halogens is 1. The Bertz CT molecular complexity index is 852. The van der Waals surface area contributed by atoms with Crippen molar-refractivity contribution in [1.82, 2.24) is 15.2 Å². The van der Waals surface area contributed by atoms with Gasteiger partial charge in [0, 0.05) is 6.20 Å². The maximum atomic E-state index is 12.3. The minimum Gasteiger partial charge on any atom is -0.414 e. The Kier molecular flexibility index (Phi) is 6.32. The fourth-order valence-corrected chi connectivity index (χ4v) is 3.34. The summed E-state index contributed by atoms with van der Waals surface area (Å²) in [5.41, 5.74) is 0.507. The van der Waals surface area contributed by atoms with Crippen LogP contribution in [-0.4, -0.2) is 34.2 Å². The van der Waals surface area contributed by atoms with Gasteiger partial charge in [-0.3, -0.25) is 4.79 Å². The quantitative estimate of drug-likeness (QED) is 0.574. The molecule has 0 aliphatic carbocycles. The molecular formula is C17H19ClN5O2S+. The Morgan fingerprint density at radius 2 is 2.23 bits per heavy atom. The van der Waals surface area contributed by atoms with Crippen molar-refractivity contribution in [2.24, 2.45) is 0 Å². The summed E-state index contributed by atoms with van der Waals surface area (Å²) < 4.78 is 5.73. The Morgan fingerprint density at radius 3 is 2.96 bits per heavy atom. The zero-order chi connectivity index (χ0) is 18.4. The number of aromatic nitrogens is 3. The Labute approximate surface area is 160 Å². The molecule has 0 aliphatic rings. The van der Waals surface area contributed by atoms with Gasteiger partial charge in [0.25, 0.3) is 17.7 Å². The van der Waals surface area contributed by atoms with Crippen LogP contribution in [0.5, 0.6) is 0 Å². The first-order valence-corrected chi connectivity index (χ1v) is 9.51. The summed E-state index contributed by atoms with van der Waals surface area (Å²) in [6.07, 6.45) is 2.51. The smallest absolute Gasteiger partial charge is 0.279 e. The summed E-state index contributed by atoms with van der Waals surface area (Å²) in [6, 6.07) is 7.32. The van der Waals surface area contributed by atoms with Crippen LogP contribution in [0.3, 0.4) is 0 Å². The molecule has 3 heterocycles. The molecule has 0 fully saturated rings. The molecule has 9 heteroatoms. The summed E-state index contributed by atoms with van der Waals surface area (Å²) >= 11 is 7.53. The van der Waals surface area contributed by atoms with E-state index in [9.17, 15) is 4.79 Å². The van der Waals surface area contributed by atoms with Crippen LogP contribution in [0, 0.1) is 0 Å². The van der Waals surface area contributed by atoms with Crippen molar-refractivity contribution < 1.29 is 14.1 Å². The number of nitrogens with zero attached hydrogens (tertiary/aromatic N) is 3. The van der Waals surface area contributed by atoms with Crippen molar-refractivity contribution in [3.8, 4) is 10.8 Å². The monoisotopic (exact) mass is 392 g/mol.